The first kappa shape index (κ1) is 17.4. The molecule has 0 aromatic carbocycles. The number of nitrogens with zero attached hydrogens (tertiary/aromatic N) is 4. The van der Waals surface area contributed by atoms with Gasteiger partial charge < -0.3 is 20.1 Å². The van der Waals surface area contributed by atoms with Gasteiger partial charge in [0, 0.05) is 29.8 Å². The fourth-order valence-corrected chi connectivity index (χ4v) is 4.18. The molecule has 2 unspecified atom stereocenters. The second-order valence-corrected chi connectivity index (χ2v) is 7.78. The van der Waals surface area contributed by atoms with Gasteiger partial charge in [0.15, 0.2) is 11.9 Å². The van der Waals surface area contributed by atoms with E-state index in [9.17, 15) is 9.90 Å². The molecule has 5 rings (SSSR count). The molecule has 9 heteroatoms. The molecular weight excluding hydrogens is 360 g/mol. The van der Waals surface area contributed by atoms with Crippen LogP contribution in [-0.2, 0) is 22.4 Å². The van der Waals surface area contributed by atoms with Crippen LogP contribution in [0.15, 0.2) is 6.07 Å². The summed E-state index contributed by atoms with van der Waals surface area (Å²) < 4.78 is 4.88. The molecule has 1 saturated heterocycles. The number of aliphatic hydroxyl groups excluding tert-OH is 1. The Hall–Kier alpha value is -2.68. The van der Waals surface area contributed by atoms with Crippen molar-refractivity contribution in [3.63, 3.8) is 0 Å². The summed E-state index contributed by atoms with van der Waals surface area (Å²) in [6.07, 6.45) is 4.94. The molecule has 2 aromatic heterocycles. The minimum Gasteiger partial charge on any atom is -0.467 e. The van der Waals surface area contributed by atoms with Crippen LogP contribution in [0.5, 0.6) is 0 Å². The topological polar surface area (TPSA) is 116 Å². The lowest BCUT2D eigenvalue weighted by atomic mass is 10.2. The van der Waals surface area contributed by atoms with Gasteiger partial charge in [0.25, 0.3) is 0 Å². The van der Waals surface area contributed by atoms with Crippen molar-refractivity contribution in [2.75, 3.05) is 23.9 Å². The van der Waals surface area contributed by atoms with Crippen molar-refractivity contribution in [3.05, 3.63) is 23.0 Å². The predicted molar refractivity (Wildman–Crippen MR) is 102 cm³/mol. The lowest BCUT2D eigenvalue weighted by molar-refractivity contribution is -0.144. The number of aryl methyl sites for hydroxylation is 1. The van der Waals surface area contributed by atoms with Crippen LogP contribution in [0.1, 0.15) is 48.6 Å². The Morgan fingerprint density at radius 2 is 2.18 bits per heavy atom. The molecular formula is C19H24N6O3. The van der Waals surface area contributed by atoms with Gasteiger partial charge in [0.2, 0.25) is 5.95 Å². The molecule has 3 heterocycles. The molecule has 2 fully saturated rings. The maximum absolute atomic E-state index is 12.2. The van der Waals surface area contributed by atoms with Gasteiger partial charge in [-0.15, -0.1) is 0 Å². The van der Waals surface area contributed by atoms with Crippen molar-refractivity contribution in [1.82, 2.24) is 20.2 Å². The van der Waals surface area contributed by atoms with Crippen LogP contribution in [-0.4, -0.2) is 57.0 Å². The van der Waals surface area contributed by atoms with Crippen molar-refractivity contribution in [2.45, 2.75) is 56.6 Å². The van der Waals surface area contributed by atoms with E-state index < -0.39 is 18.1 Å². The number of hydrogen-bond acceptors (Lipinski definition) is 8. The van der Waals surface area contributed by atoms with Gasteiger partial charge in [0.05, 0.1) is 18.9 Å². The third-order valence-electron chi connectivity index (χ3n) is 5.85. The largest absolute Gasteiger partial charge is 0.467 e. The van der Waals surface area contributed by atoms with Gasteiger partial charge in [-0.2, -0.15) is 10.1 Å². The van der Waals surface area contributed by atoms with Crippen LogP contribution < -0.4 is 10.2 Å². The smallest absolute Gasteiger partial charge is 0.331 e. The highest BCUT2D eigenvalue weighted by Gasteiger charge is 2.41. The quantitative estimate of drug-likeness (QED) is 0.663. The number of ether oxygens (including phenoxy) is 1. The zero-order valence-corrected chi connectivity index (χ0v) is 15.8. The highest BCUT2D eigenvalue weighted by molar-refractivity contribution is 5.81. The first-order chi connectivity index (χ1) is 13.6. The third-order valence-corrected chi connectivity index (χ3v) is 5.85. The summed E-state index contributed by atoms with van der Waals surface area (Å²) in [5, 5.41) is 21.1. The Balaban J connectivity index is 1.47. The Morgan fingerprint density at radius 1 is 1.32 bits per heavy atom. The molecule has 1 aliphatic heterocycles. The summed E-state index contributed by atoms with van der Waals surface area (Å²) in [7, 11) is 1.33. The Labute approximate surface area is 162 Å². The van der Waals surface area contributed by atoms with Gasteiger partial charge >= 0.3 is 5.97 Å². The number of nitrogens with one attached hydrogen (secondary N) is 2. The summed E-state index contributed by atoms with van der Waals surface area (Å²) in [6.45, 7) is 0.507. The average Bonchev–Trinajstić information content (AvgIpc) is 3.08. The number of H-pyrrole nitrogens is 1. The number of carbonyl (C=O) groups excluding carboxylic acids is 1. The maximum atomic E-state index is 12.2. The summed E-state index contributed by atoms with van der Waals surface area (Å²) in [6, 6.07) is 1.27. The second-order valence-electron chi connectivity index (χ2n) is 7.78. The number of anilines is 3. The minimum absolute atomic E-state index is 0.452. The molecule has 2 atom stereocenters. The molecule has 2 aromatic rings. The molecule has 28 heavy (non-hydrogen) atoms. The number of methoxy groups -OCH3 is 1. The van der Waals surface area contributed by atoms with E-state index in [1.165, 1.54) is 20.0 Å². The zero-order chi connectivity index (χ0) is 19.3. The number of aromatic amines is 1. The van der Waals surface area contributed by atoms with Gasteiger partial charge in [-0.1, -0.05) is 0 Å². The molecule has 148 valence electrons. The summed E-state index contributed by atoms with van der Waals surface area (Å²) >= 11 is 0. The highest BCUT2D eigenvalue weighted by Crippen LogP contribution is 2.40. The van der Waals surface area contributed by atoms with E-state index in [2.05, 4.69) is 15.5 Å². The maximum Gasteiger partial charge on any atom is 0.331 e. The molecule has 0 spiro atoms. The molecule has 0 radical (unpaired) electrons. The number of fused-ring (bicyclic) bond motifs is 1. The number of hydrogen-bond donors (Lipinski definition) is 3. The monoisotopic (exact) mass is 384 g/mol. The lowest BCUT2D eigenvalue weighted by Crippen LogP contribution is -2.43. The molecule has 1 saturated carbocycles. The lowest BCUT2D eigenvalue weighted by Gasteiger charge is -2.25. The van der Waals surface area contributed by atoms with Gasteiger partial charge in [-0.05, 0) is 38.5 Å². The highest BCUT2D eigenvalue weighted by atomic mass is 16.5. The van der Waals surface area contributed by atoms with Crippen LogP contribution in [0.3, 0.4) is 0 Å². The van der Waals surface area contributed by atoms with E-state index in [-0.39, 0.29) is 0 Å². The normalized spacial score (nSPS) is 23.7. The van der Waals surface area contributed by atoms with Crippen molar-refractivity contribution in [2.24, 2.45) is 0 Å². The molecule has 3 N–H and O–H groups in total. The summed E-state index contributed by atoms with van der Waals surface area (Å²) in [4.78, 5) is 23.4. The zero-order valence-electron chi connectivity index (χ0n) is 15.8. The standard InChI is InChI=1S/C19H24N6O3/c1-28-18(27)16-14(26)7-8-25(16)19-20-12-4-2-3-11(12)17(22-19)21-15-9-13(23-24-15)10-5-6-10/h9-10,14,16,26H,2-8H2,1H3,(H2,20,21,22,23,24). The fraction of sp³-hybridized carbons (Fsp3) is 0.579. The fourth-order valence-electron chi connectivity index (χ4n) is 4.18. The van der Waals surface area contributed by atoms with Gasteiger partial charge in [-0.3, -0.25) is 5.10 Å². The van der Waals surface area contributed by atoms with Crippen molar-refractivity contribution in [3.8, 4) is 0 Å². The van der Waals surface area contributed by atoms with Crippen LogP contribution in [0.2, 0.25) is 0 Å². The van der Waals surface area contributed by atoms with Crippen molar-refractivity contribution >= 4 is 23.6 Å². The summed E-state index contributed by atoms with van der Waals surface area (Å²) in [5.41, 5.74) is 3.26. The van der Waals surface area contributed by atoms with Crippen LogP contribution >= 0.6 is 0 Å². The Morgan fingerprint density at radius 3 is 2.96 bits per heavy atom. The van der Waals surface area contributed by atoms with Gasteiger partial charge in [-0.25, -0.2) is 9.78 Å². The number of esters is 1. The van der Waals surface area contributed by atoms with Crippen molar-refractivity contribution < 1.29 is 14.6 Å². The predicted octanol–water partition coefficient (Wildman–Crippen LogP) is 1.42. The van der Waals surface area contributed by atoms with E-state index in [4.69, 9.17) is 14.7 Å². The summed E-state index contributed by atoms with van der Waals surface area (Å²) in [5.74, 6) is 2.06. The van der Waals surface area contributed by atoms with Crippen LogP contribution in [0.25, 0.3) is 0 Å². The average molecular weight is 384 g/mol. The molecule has 0 amide bonds. The molecule has 0 bridgehead atoms. The second kappa shape index (κ2) is 6.73. The SMILES string of the molecule is COC(=O)C1C(O)CCN1c1nc2c(c(Nc3cc(C4CC4)[nH]n3)n1)CCC2. The van der Waals surface area contributed by atoms with E-state index >= 15 is 0 Å². The number of aromatic nitrogens is 4. The van der Waals surface area contributed by atoms with Crippen LogP contribution in [0, 0.1) is 0 Å². The molecule has 3 aliphatic rings. The number of aliphatic hydroxyl groups is 1. The van der Waals surface area contributed by atoms with Crippen molar-refractivity contribution in [1.29, 1.82) is 0 Å². The third kappa shape index (κ3) is 2.99. The minimum atomic E-state index is -0.784. The van der Waals surface area contributed by atoms with E-state index in [1.54, 1.807) is 4.90 Å². The Bertz CT molecular complexity index is 909. The number of rotatable bonds is 5. The first-order valence-corrected chi connectivity index (χ1v) is 9.88. The molecule has 2 aliphatic carbocycles. The van der Waals surface area contributed by atoms with Crippen LogP contribution in [0.4, 0.5) is 17.6 Å². The Kier molecular flexibility index (Phi) is 4.19. The van der Waals surface area contributed by atoms with E-state index in [0.717, 1.165) is 47.8 Å². The van der Waals surface area contributed by atoms with E-state index in [0.29, 0.717) is 24.8 Å². The molecule has 9 nitrogen and oxygen atoms in total. The first-order valence-electron chi connectivity index (χ1n) is 9.88. The van der Waals surface area contributed by atoms with E-state index in [1.807, 2.05) is 6.07 Å². The number of carbonyl (C=O) groups is 1. The van der Waals surface area contributed by atoms with Gasteiger partial charge in [0.1, 0.15) is 5.82 Å².